The van der Waals surface area contributed by atoms with Crippen LogP contribution in [0.1, 0.15) is 140 Å². The number of carbonyl (C=O) groups excluding carboxylic acids is 9. The minimum Gasteiger partial charge on any atom is -0.491 e. The number of imide groups is 1. The van der Waals surface area contributed by atoms with Gasteiger partial charge < -0.3 is 73.7 Å². The first-order valence-electron chi connectivity index (χ1n) is 45.4. The number of hydrogen-bond donors (Lipinski definition) is 4. The van der Waals surface area contributed by atoms with Crippen LogP contribution in [0.3, 0.4) is 0 Å². The van der Waals surface area contributed by atoms with E-state index < -0.39 is 122 Å². The molecule has 8 aromatic rings. The van der Waals surface area contributed by atoms with Crippen molar-refractivity contribution in [3.63, 3.8) is 0 Å². The Morgan fingerprint density at radius 1 is 0.521 bits per heavy atom. The van der Waals surface area contributed by atoms with Gasteiger partial charge in [-0.2, -0.15) is 36.9 Å². The SMILES string of the molecule is Cc1ncsc1-c1ccc(CCC(=O)[C@@H]2C[C@@H](O)CN2C(=O)[C@@H](NC(=O)COCCOCCOCCOc2ccc(N3C(=S)N(c4ccc(C#N)c(C(F)(F)F)c4)C(=O)C3(C)C)cc2)C(C)(C)C)cc1.Cc1ncsc1-c1ccc(CNC(=O)[C@@H]2CC(C)CN2C(=O)[C@@H](NC(=O)COCCOCCOCCOc2ccc(N3C(=O)N(c4ccc(C#N)c(C(F)(F)F)c4)C(=O)C3(C)C)cc2)C(C)(C)C)cc1. The van der Waals surface area contributed by atoms with Crippen LogP contribution in [-0.2, 0) is 92.1 Å². The van der Waals surface area contributed by atoms with Crippen molar-refractivity contribution < 1.29 is 112 Å². The molecular formula is C100H115F6N13O18S3. The summed E-state index contributed by atoms with van der Waals surface area (Å²) in [4.78, 5) is 140. The van der Waals surface area contributed by atoms with Gasteiger partial charge in [0, 0.05) is 43.9 Å². The number of likely N-dealkylation sites (tertiary alicyclic amines) is 2. The van der Waals surface area contributed by atoms with Crippen LogP contribution in [0.4, 0.5) is 53.9 Å². The predicted octanol–water partition coefficient (Wildman–Crippen LogP) is 14.3. The molecule has 4 fully saturated rings. The molecule has 0 radical (unpaired) electrons. The van der Waals surface area contributed by atoms with Gasteiger partial charge in [-0.25, -0.2) is 19.7 Å². The number of aromatic nitrogens is 2. The zero-order valence-corrected chi connectivity index (χ0v) is 82.5. The number of β-amino-alcohol motifs (C(OH)–C–C–N with tert-alkyl or cyclic N) is 1. The number of nitriles is 2. The number of thiocarbonyl (C=S) groups is 1. The molecule has 9 amide bonds. The number of nitrogens with zero attached hydrogens (tertiary/aromatic N) is 10. The van der Waals surface area contributed by atoms with Gasteiger partial charge >= 0.3 is 18.4 Å². The number of amides is 9. The first-order chi connectivity index (χ1) is 66.2. The molecule has 40 heteroatoms. The van der Waals surface area contributed by atoms with Crippen LogP contribution in [0.2, 0.25) is 0 Å². The van der Waals surface area contributed by atoms with Crippen LogP contribution in [0.25, 0.3) is 20.9 Å². The van der Waals surface area contributed by atoms with Crippen LogP contribution in [0, 0.1) is 53.3 Å². The van der Waals surface area contributed by atoms with E-state index in [9.17, 15) is 79.9 Å². The Morgan fingerprint density at radius 3 is 1.34 bits per heavy atom. The summed E-state index contributed by atoms with van der Waals surface area (Å²) >= 11 is 8.75. The van der Waals surface area contributed by atoms with Crippen LogP contribution in [0.15, 0.2) is 144 Å². The lowest BCUT2D eigenvalue weighted by atomic mass is 9.85. The van der Waals surface area contributed by atoms with Crippen molar-refractivity contribution >= 4 is 116 Å². The van der Waals surface area contributed by atoms with E-state index in [1.807, 2.05) is 122 Å². The average Bonchev–Trinajstić information content (AvgIpc) is 1.58. The van der Waals surface area contributed by atoms with Crippen molar-refractivity contribution in [1.29, 1.82) is 10.5 Å². The number of nitrogens with one attached hydrogen (secondary N) is 3. The van der Waals surface area contributed by atoms with Crippen molar-refractivity contribution in [3.8, 4) is 44.5 Å². The number of ketones is 1. The smallest absolute Gasteiger partial charge is 0.417 e. The Balaban J connectivity index is 0.000000268. The molecule has 140 heavy (non-hydrogen) atoms. The summed E-state index contributed by atoms with van der Waals surface area (Å²) in [5.74, 6) is -2.40. The molecule has 6 atom stereocenters. The molecule has 31 nitrogen and oxygen atoms in total. The number of hydrogen-bond acceptors (Lipinski definition) is 25. The Kier molecular flexibility index (Phi) is 36.6. The normalized spacial score (nSPS) is 17.4. The number of anilines is 4. The number of benzene rings is 6. The third kappa shape index (κ3) is 27.3. The molecule has 12 rings (SSSR count). The second-order valence-electron chi connectivity index (χ2n) is 37.1. The summed E-state index contributed by atoms with van der Waals surface area (Å²) in [6, 6.07) is 33.4. The maximum atomic E-state index is 14.0. The van der Waals surface area contributed by atoms with E-state index in [0.29, 0.717) is 59.8 Å². The number of aliphatic hydroxyl groups excluding tert-OH is 1. The zero-order valence-electron chi connectivity index (χ0n) is 80.0. The predicted molar refractivity (Wildman–Crippen MR) is 515 cm³/mol. The summed E-state index contributed by atoms with van der Waals surface area (Å²) in [5.41, 5.74) is 2.32. The molecule has 6 aromatic carbocycles. The lowest BCUT2D eigenvalue weighted by Crippen LogP contribution is -2.58. The van der Waals surface area contributed by atoms with Gasteiger partial charge in [-0.3, -0.25) is 48.2 Å². The number of urea groups is 1. The molecule has 2 aromatic heterocycles. The summed E-state index contributed by atoms with van der Waals surface area (Å²) in [6.07, 6.45) is -9.23. The van der Waals surface area contributed by atoms with Gasteiger partial charge in [-0.15, -0.1) is 22.7 Å². The highest BCUT2D eigenvalue weighted by atomic mass is 32.1. The minimum atomic E-state index is -4.87. The summed E-state index contributed by atoms with van der Waals surface area (Å²) in [7, 11) is 0. The number of aryl methyl sites for hydroxylation is 3. The molecule has 748 valence electrons. The first kappa shape index (κ1) is 108. The molecule has 1 unspecified atom stereocenters. The van der Waals surface area contributed by atoms with Gasteiger partial charge in [-0.1, -0.05) is 97.0 Å². The van der Waals surface area contributed by atoms with Gasteiger partial charge in [0.2, 0.25) is 29.5 Å². The maximum absolute atomic E-state index is 14.0. The number of Topliss-reactive ketones (excluding diaryl/α,β-unsaturated/α-hetero) is 1. The van der Waals surface area contributed by atoms with E-state index in [4.69, 9.17) is 55.4 Å². The van der Waals surface area contributed by atoms with Gasteiger partial charge in [0.1, 0.15) is 67.1 Å². The van der Waals surface area contributed by atoms with E-state index in [2.05, 4.69) is 25.9 Å². The molecular weight excluding hydrogens is 1880 g/mol. The van der Waals surface area contributed by atoms with Gasteiger partial charge in [0.05, 0.1) is 156 Å². The van der Waals surface area contributed by atoms with Crippen LogP contribution < -0.4 is 45.0 Å². The summed E-state index contributed by atoms with van der Waals surface area (Å²) in [6.45, 7) is 25.6. The second kappa shape index (κ2) is 47.4. The fourth-order valence-electron chi connectivity index (χ4n) is 16.4. The highest BCUT2D eigenvalue weighted by molar-refractivity contribution is 7.81. The Morgan fingerprint density at radius 2 is 0.914 bits per heavy atom. The molecule has 4 aliphatic rings. The van der Waals surface area contributed by atoms with E-state index >= 15 is 0 Å². The van der Waals surface area contributed by atoms with Crippen LogP contribution in [-0.4, -0.2) is 230 Å². The molecule has 0 bridgehead atoms. The highest BCUT2D eigenvalue weighted by Crippen LogP contribution is 2.44. The first-order valence-corrected chi connectivity index (χ1v) is 47.6. The summed E-state index contributed by atoms with van der Waals surface area (Å²) in [5, 5.41) is 37.5. The molecule has 6 heterocycles. The molecule has 0 aliphatic carbocycles. The summed E-state index contributed by atoms with van der Waals surface area (Å²) < 4.78 is 127. The second-order valence-corrected chi connectivity index (χ2v) is 39.2. The molecule has 0 saturated carbocycles. The van der Waals surface area contributed by atoms with Gasteiger partial charge in [0.25, 0.3) is 11.8 Å². The Labute approximate surface area is 821 Å². The van der Waals surface area contributed by atoms with Crippen LogP contribution >= 0.6 is 34.9 Å². The lowest BCUT2D eigenvalue weighted by molar-refractivity contribution is -0.144. The number of thiazole rings is 2. The zero-order chi connectivity index (χ0) is 102. The van der Waals surface area contributed by atoms with E-state index in [-0.39, 0.29) is 152 Å². The van der Waals surface area contributed by atoms with Gasteiger partial charge in [0.15, 0.2) is 10.9 Å². The minimum absolute atomic E-state index is 0.00763. The standard InChI is InChI=1S/C50H58F3N7O9S.C50H57F3N6O9S2/c1-31-24-40(44(62)55-27-33-8-10-34(11-9-33)42-32(2)56-30-70-42)58(28-31)45(63)43(48(3,4)5)57-41(61)29-68-21-20-66-18-19-67-22-23-69-38-16-14-36(15-17-38)60-47(65)59(46(64)49(60,6)7)37-13-12-35(26-54)39(25-37)50(51,52)53;1-31-43(70-30-55-31)33-10-7-32(8-11-33)9-18-41(61)40-26-37(60)28-57(40)45(63)44(48(2,3)4)56-42(62)29-67-22-21-65-19-20-66-23-24-68-38-16-14-35(15-17-38)59-47(69)58(46(64)49(59,5)6)36-13-12-34(27-54)39(25-36)50(51,52)53/h8-17,25,30-31,40,43H,18-24,27-29H2,1-7H3,(H,55,62)(H,57,61);7-8,10-17,25,30,37,40,44,60H,9,18-24,26,28-29H2,1-6H3,(H,56,62)/t31?,40-,43+;37-,40+,44-/m01/s1. The number of alkyl halides is 6. The van der Waals surface area contributed by atoms with Crippen molar-refractivity contribution in [3.05, 3.63) is 189 Å². The van der Waals surface area contributed by atoms with E-state index in [1.165, 1.54) is 41.9 Å². The van der Waals surface area contributed by atoms with Crippen LogP contribution in [0.5, 0.6) is 11.5 Å². The van der Waals surface area contributed by atoms with Crippen molar-refractivity contribution in [2.24, 2.45) is 16.7 Å². The molecule has 4 saturated heterocycles. The molecule has 4 N–H and O–H groups in total. The quantitative estimate of drug-likeness (QED) is 0.0120. The Bertz CT molecular complexity index is 5470. The maximum Gasteiger partial charge on any atom is 0.417 e. The number of halogens is 6. The topological polar surface area (TPSA) is 377 Å². The Hall–Kier alpha value is -12.2. The van der Waals surface area contributed by atoms with E-state index in [0.717, 1.165) is 72.6 Å². The number of carbonyl (C=O) groups is 9. The molecule has 4 aliphatic heterocycles. The molecule has 0 spiro atoms. The fourth-order valence-corrected chi connectivity index (χ4v) is 18.5. The largest absolute Gasteiger partial charge is 0.491 e. The van der Waals surface area contributed by atoms with Crippen molar-refractivity contribution in [2.45, 2.75) is 176 Å². The average molecular weight is 2000 g/mol. The van der Waals surface area contributed by atoms with E-state index in [1.54, 1.807) is 94.9 Å². The third-order valence-corrected chi connectivity index (χ3v) is 26.1. The highest BCUT2D eigenvalue weighted by Gasteiger charge is 2.55. The van der Waals surface area contributed by atoms with Crippen molar-refractivity contribution in [1.82, 2.24) is 35.7 Å². The third-order valence-electron chi connectivity index (χ3n) is 23.8. The monoisotopic (exact) mass is 2000 g/mol. The number of rotatable bonds is 41. The van der Waals surface area contributed by atoms with Crippen molar-refractivity contribution in [2.75, 3.05) is 125 Å². The number of ether oxygens (including phenoxy) is 8. The number of aliphatic hydroxyl groups is 1. The van der Waals surface area contributed by atoms with Gasteiger partial charge in [-0.05, 0) is 191 Å². The lowest BCUT2D eigenvalue weighted by Gasteiger charge is -2.35. The fraction of sp³-hybridized carbons (Fsp3) is 0.460.